The fraction of sp³-hybridized carbons (Fsp3) is 0.500. The van der Waals surface area contributed by atoms with Crippen molar-refractivity contribution in [2.24, 2.45) is 5.73 Å². The van der Waals surface area contributed by atoms with Crippen LogP contribution in [0.1, 0.15) is 44.2 Å². The Morgan fingerprint density at radius 2 is 1.94 bits per heavy atom. The van der Waals surface area contributed by atoms with Crippen LogP contribution in [0.3, 0.4) is 0 Å². The molecule has 0 aliphatic carbocycles. The first kappa shape index (κ1) is 15.1. The van der Waals surface area contributed by atoms with Gasteiger partial charge in [0.05, 0.1) is 0 Å². The first-order valence-corrected chi connectivity index (χ1v) is 5.42. The van der Waals surface area contributed by atoms with Crippen LogP contribution in [0.4, 0.5) is 0 Å². The summed E-state index contributed by atoms with van der Waals surface area (Å²) in [6.45, 7) is 2.14. The summed E-state index contributed by atoms with van der Waals surface area (Å²) in [5, 5.41) is 18.7. The van der Waals surface area contributed by atoms with Crippen LogP contribution < -0.4 is 5.73 Å². The lowest BCUT2D eigenvalue weighted by atomic mass is 10.0. The van der Waals surface area contributed by atoms with Crippen LogP contribution >= 0.6 is 12.4 Å². The van der Waals surface area contributed by atoms with Gasteiger partial charge in [-0.15, -0.1) is 12.4 Å². The third-order valence-corrected chi connectivity index (χ3v) is 2.53. The molecule has 0 spiro atoms. The number of unbranched alkanes of at least 4 members (excludes halogenated alkanes) is 2. The van der Waals surface area contributed by atoms with Gasteiger partial charge in [0.2, 0.25) is 0 Å². The average molecular weight is 246 g/mol. The monoisotopic (exact) mass is 245 g/mol. The first-order valence-electron chi connectivity index (χ1n) is 5.42. The molecule has 1 aromatic carbocycles. The van der Waals surface area contributed by atoms with Crippen molar-refractivity contribution >= 4 is 12.4 Å². The second-order valence-corrected chi connectivity index (χ2v) is 3.85. The molecule has 4 N–H and O–H groups in total. The number of nitrogens with two attached hydrogens (primary N) is 1. The summed E-state index contributed by atoms with van der Waals surface area (Å²) in [6.07, 6.45) is 4.25. The Bertz CT molecular complexity index is 318. The van der Waals surface area contributed by atoms with Crippen LogP contribution in [-0.2, 0) is 0 Å². The molecule has 0 fully saturated rings. The van der Waals surface area contributed by atoms with Gasteiger partial charge in [-0.25, -0.2) is 0 Å². The lowest BCUT2D eigenvalue weighted by Crippen LogP contribution is -2.10. The molecule has 3 nitrogen and oxygen atoms in total. The lowest BCUT2D eigenvalue weighted by molar-refractivity contribution is 0.438. The standard InChI is InChI=1S/C12H19NO2.ClH/c1-2-3-4-5-11(13)10-7-6-9(14)8-12(10)15;/h6-8,11,14-15H,2-5,13H2,1H3;1H/t11-;/m1./s1. The highest BCUT2D eigenvalue weighted by Crippen LogP contribution is 2.29. The van der Waals surface area contributed by atoms with Gasteiger partial charge in [-0.2, -0.15) is 0 Å². The Hall–Kier alpha value is -0.930. The van der Waals surface area contributed by atoms with Crippen molar-refractivity contribution in [2.45, 2.75) is 38.6 Å². The van der Waals surface area contributed by atoms with E-state index in [0.717, 1.165) is 25.7 Å². The zero-order valence-electron chi connectivity index (χ0n) is 9.52. The number of phenolic OH excluding ortho intramolecular Hbond substituents is 2. The summed E-state index contributed by atoms with van der Waals surface area (Å²) in [5.41, 5.74) is 6.66. The van der Waals surface area contributed by atoms with Gasteiger partial charge in [0.25, 0.3) is 0 Å². The van der Waals surface area contributed by atoms with Crippen molar-refractivity contribution in [2.75, 3.05) is 0 Å². The summed E-state index contributed by atoms with van der Waals surface area (Å²) in [5.74, 6) is 0.149. The first-order chi connectivity index (χ1) is 7.15. The molecule has 0 radical (unpaired) electrons. The van der Waals surface area contributed by atoms with Crippen molar-refractivity contribution in [1.29, 1.82) is 0 Å². The minimum Gasteiger partial charge on any atom is -0.508 e. The van der Waals surface area contributed by atoms with E-state index in [4.69, 9.17) is 10.8 Å². The van der Waals surface area contributed by atoms with Gasteiger partial charge in [-0.1, -0.05) is 32.3 Å². The highest BCUT2D eigenvalue weighted by atomic mass is 35.5. The molecular weight excluding hydrogens is 226 g/mol. The number of halogens is 1. The molecule has 0 saturated carbocycles. The highest BCUT2D eigenvalue weighted by Gasteiger charge is 2.10. The lowest BCUT2D eigenvalue weighted by Gasteiger charge is -2.13. The van der Waals surface area contributed by atoms with E-state index < -0.39 is 0 Å². The van der Waals surface area contributed by atoms with Crippen molar-refractivity contribution in [3.05, 3.63) is 23.8 Å². The molecule has 92 valence electrons. The molecule has 0 aromatic heterocycles. The van der Waals surface area contributed by atoms with E-state index in [1.165, 1.54) is 6.07 Å². The topological polar surface area (TPSA) is 66.5 Å². The van der Waals surface area contributed by atoms with E-state index in [2.05, 4.69) is 6.92 Å². The minimum atomic E-state index is -0.142. The third-order valence-electron chi connectivity index (χ3n) is 2.53. The smallest absolute Gasteiger partial charge is 0.124 e. The highest BCUT2D eigenvalue weighted by molar-refractivity contribution is 5.85. The molecule has 16 heavy (non-hydrogen) atoms. The van der Waals surface area contributed by atoms with Crippen molar-refractivity contribution < 1.29 is 10.2 Å². The molecule has 0 bridgehead atoms. The summed E-state index contributed by atoms with van der Waals surface area (Å²) in [6, 6.07) is 4.42. The summed E-state index contributed by atoms with van der Waals surface area (Å²) in [4.78, 5) is 0. The van der Waals surface area contributed by atoms with Crippen LogP contribution in [0.15, 0.2) is 18.2 Å². The zero-order valence-corrected chi connectivity index (χ0v) is 10.3. The van der Waals surface area contributed by atoms with Gasteiger partial charge in [0.1, 0.15) is 11.5 Å². The Morgan fingerprint density at radius 1 is 1.25 bits per heavy atom. The fourth-order valence-electron chi connectivity index (χ4n) is 1.62. The zero-order chi connectivity index (χ0) is 11.3. The van der Waals surface area contributed by atoms with Gasteiger partial charge in [-0.3, -0.25) is 0 Å². The SMILES string of the molecule is CCCCC[C@@H](N)c1ccc(O)cc1O.Cl. The summed E-state index contributed by atoms with van der Waals surface area (Å²) in [7, 11) is 0. The van der Waals surface area contributed by atoms with Crippen LogP contribution in [0, 0.1) is 0 Å². The van der Waals surface area contributed by atoms with Crippen molar-refractivity contribution in [3.63, 3.8) is 0 Å². The van der Waals surface area contributed by atoms with Gasteiger partial charge in [-0.05, 0) is 12.5 Å². The molecule has 1 atom stereocenters. The van der Waals surface area contributed by atoms with Gasteiger partial charge in [0, 0.05) is 17.7 Å². The summed E-state index contributed by atoms with van der Waals surface area (Å²) < 4.78 is 0. The molecule has 0 aliphatic heterocycles. The van der Waals surface area contributed by atoms with E-state index in [1.807, 2.05) is 0 Å². The number of rotatable bonds is 5. The Balaban J connectivity index is 0.00000225. The van der Waals surface area contributed by atoms with E-state index in [-0.39, 0.29) is 29.9 Å². The largest absolute Gasteiger partial charge is 0.508 e. The number of hydrogen-bond acceptors (Lipinski definition) is 3. The Morgan fingerprint density at radius 3 is 2.50 bits per heavy atom. The van der Waals surface area contributed by atoms with Gasteiger partial charge < -0.3 is 15.9 Å². The fourth-order valence-corrected chi connectivity index (χ4v) is 1.62. The molecule has 1 aromatic rings. The molecule has 4 heteroatoms. The number of benzene rings is 1. The van der Waals surface area contributed by atoms with Gasteiger partial charge >= 0.3 is 0 Å². The van der Waals surface area contributed by atoms with Crippen LogP contribution in [0.25, 0.3) is 0 Å². The van der Waals surface area contributed by atoms with E-state index in [0.29, 0.717) is 5.56 Å². The van der Waals surface area contributed by atoms with Gasteiger partial charge in [0.15, 0.2) is 0 Å². The molecule has 0 aliphatic rings. The summed E-state index contributed by atoms with van der Waals surface area (Å²) >= 11 is 0. The van der Waals surface area contributed by atoms with E-state index in [9.17, 15) is 5.11 Å². The maximum absolute atomic E-state index is 9.58. The molecule has 0 unspecified atom stereocenters. The van der Waals surface area contributed by atoms with Crippen LogP contribution in [0.5, 0.6) is 11.5 Å². The normalized spacial score (nSPS) is 11.9. The average Bonchev–Trinajstić information content (AvgIpc) is 2.17. The number of hydrogen-bond donors (Lipinski definition) is 3. The predicted molar refractivity (Wildman–Crippen MR) is 68.1 cm³/mol. The second-order valence-electron chi connectivity index (χ2n) is 3.85. The maximum Gasteiger partial charge on any atom is 0.124 e. The quantitative estimate of drug-likeness (QED) is 0.699. The number of aromatic hydroxyl groups is 2. The second kappa shape index (κ2) is 7.36. The molecule has 0 amide bonds. The molecular formula is C12H20ClNO2. The Kier molecular flexibility index (Phi) is 6.93. The predicted octanol–water partition coefficient (Wildman–Crippen LogP) is 3.10. The number of phenols is 2. The van der Waals surface area contributed by atoms with Crippen LogP contribution in [0.2, 0.25) is 0 Å². The maximum atomic E-state index is 9.58. The minimum absolute atomic E-state index is 0. The van der Waals surface area contributed by atoms with E-state index >= 15 is 0 Å². The molecule has 0 saturated heterocycles. The third kappa shape index (κ3) is 4.29. The van der Waals surface area contributed by atoms with Crippen molar-refractivity contribution in [1.82, 2.24) is 0 Å². The molecule has 0 heterocycles. The Labute approximate surface area is 103 Å². The van der Waals surface area contributed by atoms with E-state index in [1.54, 1.807) is 12.1 Å². The van der Waals surface area contributed by atoms with Crippen LogP contribution in [-0.4, -0.2) is 10.2 Å². The molecule has 1 rings (SSSR count). The van der Waals surface area contributed by atoms with Crippen molar-refractivity contribution in [3.8, 4) is 11.5 Å².